The lowest BCUT2D eigenvalue weighted by atomic mass is 9.88. The molecule has 33 heavy (non-hydrogen) atoms. The van der Waals surface area contributed by atoms with Crippen LogP contribution in [0.2, 0.25) is 0 Å². The van der Waals surface area contributed by atoms with Crippen molar-refractivity contribution < 1.29 is 31.2 Å². The number of hydrogen-bond donors (Lipinski definition) is 1. The molecule has 1 aliphatic heterocycles. The highest BCUT2D eigenvalue weighted by Crippen LogP contribution is 2.34. The van der Waals surface area contributed by atoms with E-state index in [4.69, 9.17) is 0 Å². The van der Waals surface area contributed by atoms with Crippen molar-refractivity contribution in [2.45, 2.75) is 43.8 Å². The molecule has 1 aliphatic rings. The van der Waals surface area contributed by atoms with Crippen LogP contribution in [0, 0.1) is 12.8 Å². The topological polar surface area (TPSA) is 83.6 Å². The number of nitrogens with zero attached hydrogens (tertiary/aromatic N) is 1. The van der Waals surface area contributed by atoms with Gasteiger partial charge in [-0.1, -0.05) is 42.0 Å². The van der Waals surface area contributed by atoms with E-state index in [0.717, 1.165) is 17.7 Å². The lowest BCUT2D eigenvalue weighted by Crippen LogP contribution is -2.50. The van der Waals surface area contributed by atoms with E-state index >= 15 is 0 Å². The number of piperidine rings is 1. The molecule has 1 fully saturated rings. The number of rotatable bonds is 6. The van der Waals surface area contributed by atoms with Crippen molar-refractivity contribution in [1.82, 2.24) is 9.62 Å². The Morgan fingerprint density at radius 2 is 1.61 bits per heavy atom. The van der Waals surface area contributed by atoms with E-state index in [1.54, 1.807) is 12.1 Å². The van der Waals surface area contributed by atoms with Crippen LogP contribution >= 0.6 is 0 Å². The summed E-state index contributed by atoms with van der Waals surface area (Å²) in [5, 5.41) is 0. The molecule has 6 nitrogen and oxygen atoms in total. The predicted molar refractivity (Wildman–Crippen MR) is 116 cm³/mol. The van der Waals surface area contributed by atoms with Crippen molar-refractivity contribution in [3.8, 4) is 0 Å². The fourth-order valence-corrected chi connectivity index (χ4v) is 5.30. The Morgan fingerprint density at radius 3 is 2.18 bits per heavy atom. The van der Waals surface area contributed by atoms with E-state index in [-0.39, 0.29) is 24.8 Å². The van der Waals surface area contributed by atoms with E-state index in [1.165, 1.54) is 17.9 Å². The number of Topliss-reactive ketones (excluding diaryl/α,β-unsaturated/α-hetero) is 1. The zero-order chi connectivity index (χ0) is 24.4. The quantitative estimate of drug-likeness (QED) is 0.635. The molecule has 1 heterocycles. The summed E-state index contributed by atoms with van der Waals surface area (Å²) in [6.07, 6.45) is -4.01. The minimum Gasteiger partial charge on any atom is -0.341 e. The number of aryl methyl sites for hydroxylation is 1. The number of nitrogens with one attached hydrogen (secondary N) is 1. The Balaban J connectivity index is 1.63. The SMILES string of the molecule is Cc1ccc(C(=O)C2CCN(C(=O)[C@H](C)NS(=O)(=O)c3ccccc3C(F)(F)F)CC2)cc1. The van der Waals surface area contributed by atoms with Crippen LogP contribution in [-0.4, -0.2) is 44.1 Å². The molecule has 1 N–H and O–H groups in total. The molecule has 0 unspecified atom stereocenters. The number of hydrogen-bond acceptors (Lipinski definition) is 4. The second-order valence-corrected chi connectivity index (χ2v) is 9.85. The van der Waals surface area contributed by atoms with Crippen LogP contribution in [0.25, 0.3) is 0 Å². The number of alkyl halides is 3. The lowest BCUT2D eigenvalue weighted by molar-refractivity contribution is -0.139. The van der Waals surface area contributed by atoms with Crippen LogP contribution in [0.5, 0.6) is 0 Å². The summed E-state index contributed by atoms with van der Waals surface area (Å²) in [5.41, 5.74) is 0.351. The first kappa shape index (κ1) is 24.9. The number of halogens is 3. The molecular weight excluding hydrogens is 457 g/mol. The van der Waals surface area contributed by atoms with Crippen LogP contribution in [-0.2, 0) is 21.0 Å². The van der Waals surface area contributed by atoms with Gasteiger partial charge in [-0.25, -0.2) is 8.42 Å². The van der Waals surface area contributed by atoms with Gasteiger partial charge in [0.25, 0.3) is 0 Å². The van der Waals surface area contributed by atoms with Gasteiger partial charge in [0.1, 0.15) is 0 Å². The van der Waals surface area contributed by atoms with Crippen molar-refractivity contribution in [3.63, 3.8) is 0 Å². The van der Waals surface area contributed by atoms with E-state index in [9.17, 15) is 31.2 Å². The number of carbonyl (C=O) groups is 2. The molecule has 0 spiro atoms. The molecule has 1 atom stereocenters. The summed E-state index contributed by atoms with van der Waals surface area (Å²) < 4.78 is 66.9. The molecule has 1 saturated heterocycles. The van der Waals surface area contributed by atoms with Gasteiger partial charge in [0, 0.05) is 24.6 Å². The van der Waals surface area contributed by atoms with Gasteiger partial charge in [0.2, 0.25) is 15.9 Å². The van der Waals surface area contributed by atoms with Crippen molar-refractivity contribution in [2.24, 2.45) is 5.92 Å². The second kappa shape index (κ2) is 9.64. The summed E-state index contributed by atoms with van der Waals surface area (Å²) in [6.45, 7) is 3.73. The van der Waals surface area contributed by atoms with E-state index < -0.39 is 38.6 Å². The van der Waals surface area contributed by atoms with Gasteiger partial charge >= 0.3 is 6.18 Å². The average molecular weight is 483 g/mol. The third-order valence-corrected chi connectivity index (χ3v) is 7.30. The molecule has 2 aromatic rings. The summed E-state index contributed by atoms with van der Waals surface area (Å²) in [6, 6.07) is 9.80. The van der Waals surface area contributed by atoms with Crippen molar-refractivity contribution in [2.75, 3.05) is 13.1 Å². The number of ketones is 1. The Hall–Kier alpha value is -2.72. The number of likely N-dealkylation sites (tertiary alicyclic amines) is 1. The second-order valence-electron chi connectivity index (χ2n) is 8.17. The maximum Gasteiger partial charge on any atom is 0.417 e. The molecule has 0 bridgehead atoms. The van der Waals surface area contributed by atoms with Crippen molar-refractivity contribution in [3.05, 3.63) is 65.2 Å². The van der Waals surface area contributed by atoms with Crippen LogP contribution in [0.15, 0.2) is 53.4 Å². The summed E-state index contributed by atoms with van der Waals surface area (Å²) >= 11 is 0. The first-order chi connectivity index (χ1) is 15.4. The fraction of sp³-hybridized carbons (Fsp3) is 0.391. The van der Waals surface area contributed by atoms with Crippen LogP contribution in [0.1, 0.15) is 41.3 Å². The van der Waals surface area contributed by atoms with Gasteiger partial charge in [-0.15, -0.1) is 0 Å². The number of carbonyl (C=O) groups excluding carboxylic acids is 2. The van der Waals surface area contributed by atoms with Crippen LogP contribution < -0.4 is 4.72 Å². The van der Waals surface area contributed by atoms with Crippen molar-refractivity contribution in [1.29, 1.82) is 0 Å². The first-order valence-corrected chi connectivity index (χ1v) is 12.0. The molecule has 0 aliphatic carbocycles. The third-order valence-electron chi connectivity index (χ3n) is 5.70. The fourth-order valence-electron chi connectivity index (χ4n) is 3.87. The Bertz CT molecular complexity index is 1120. The minimum atomic E-state index is -4.86. The Kier molecular flexibility index (Phi) is 7.28. The minimum absolute atomic E-state index is 0.000363. The molecular formula is C23H25F3N2O4S. The summed E-state index contributed by atoms with van der Waals surface area (Å²) in [4.78, 5) is 26.0. The molecule has 3 rings (SSSR count). The van der Waals surface area contributed by atoms with Crippen molar-refractivity contribution >= 4 is 21.7 Å². The highest BCUT2D eigenvalue weighted by molar-refractivity contribution is 7.89. The smallest absolute Gasteiger partial charge is 0.341 e. The highest BCUT2D eigenvalue weighted by Gasteiger charge is 2.38. The normalized spacial score (nSPS) is 16.5. The average Bonchev–Trinajstić information content (AvgIpc) is 2.78. The first-order valence-electron chi connectivity index (χ1n) is 10.5. The molecule has 0 saturated carbocycles. The molecule has 10 heteroatoms. The predicted octanol–water partition coefficient (Wildman–Crippen LogP) is 3.80. The monoisotopic (exact) mass is 482 g/mol. The maximum absolute atomic E-state index is 13.2. The Labute approximate surface area is 190 Å². The van der Waals surface area contributed by atoms with E-state index in [0.29, 0.717) is 24.5 Å². The van der Waals surface area contributed by atoms with Gasteiger partial charge in [0.15, 0.2) is 5.78 Å². The zero-order valence-corrected chi connectivity index (χ0v) is 19.0. The van der Waals surface area contributed by atoms with Gasteiger partial charge in [-0.2, -0.15) is 17.9 Å². The van der Waals surface area contributed by atoms with Crippen LogP contribution in [0.3, 0.4) is 0 Å². The largest absolute Gasteiger partial charge is 0.417 e. The van der Waals surface area contributed by atoms with E-state index in [1.807, 2.05) is 19.1 Å². The van der Waals surface area contributed by atoms with Gasteiger partial charge < -0.3 is 4.90 Å². The maximum atomic E-state index is 13.2. The molecule has 2 aromatic carbocycles. The number of amides is 1. The highest BCUT2D eigenvalue weighted by atomic mass is 32.2. The molecule has 178 valence electrons. The molecule has 0 aromatic heterocycles. The number of benzene rings is 2. The summed E-state index contributed by atoms with van der Waals surface area (Å²) in [7, 11) is -4.59. The summed E-state index contributed by atoms with van der Waals surface area (Å²) in [5.74, 6) is -0.800. The Morgan fingerprint density at radius 1 is 1.03 bits per heavy atom. The molecule has 0 radical (unpaired) electrons. The number of sulfonamides is 1. The zero-order valence-electron chi connectivity index (χ0n) is 18.2. The van der Waals surface area contributed by atoms with Gasteiger partial charge in [0.05, 0.1) is 16.5 Å². The molecule has 1 amide bonds. The van der Waals surface area contributed by atoms with E-state index in [2.05, 4.69) is 4.72 Å². The van der Waals surface area contributed by atoms with Gasteiger partial charge in [-0.05, 0) is 38.8 Å². The lowest BCUT2D eigenvalue weighted by Gasteiger charge is -2.33. The van der Waals surface area contributed by atoms with Gasteiger partial charge in [-0.3, -0.25) is 9.59 Å². The van der Waals surface area contributed by atoms with Crippen LogP contribution in [0.4, 0.5) is 13.2 Å². The third kappa shape index (κ3) is 5.80. The standard InChI is InChI=1S/C23H25F3N2O4S/c1-15-7-9-17(10-8-15)21(29)18-11-13-28(14-12-18)22(30)16(2)27-33(31,32)20-6-4-3-5-19(20)23(24,25)26/h3-10,16,18,27H,11-14H2,1-2H3/t16-/m0/s1.